The number of hydrogen-bond donors (Lipinski definition) is 1. The molecule has 1 saturated heterocycles. The summed E-state index contributed by atoms with van der Waals surface area (Å²) in [6.07, 6.45) is 0.783. The molecule has 0 saturated carbocycles. The predicted molar refractivity (Wildman–Crippen MR) is 93.7 cm³/mol. The lowest BCUT2D eigenvalue weighted by Gasteiger charge is -2.27. The fourth-order valence-corrected chi connectivity index (χ4v) is 3.75. The van der Waals surface area contributed by atoms with Crippen LogP contribution in [-0.2, 0) is 4.79 Å². The van der Waals surface area contributed by atoms with Gasteiger partial charge in [0.2, 0.25) is 0 Å². The van der Waals surface area contributed by atoms with Crippen molar-refractivity contribution >= 4 is 16.7 Å². The van der Waals surface area contributed by atoms with E-state index in [9.17, 15) is 4.79 Å². The number of esters is 1. The Kier molecular flexibility index (Phi) is 3.72. The van der Waals surface area contributed by atoms with Gasteiger partial charge in [0, 0.05) is 11.1 Å². The van der Waals surface area contributed by atoms with Gasteiger partial charge in [-0.2, -0.15) is 0 Å². The van der Waals surface area contributed by atoms with E-state index in [0.717, 1.165) is 17.2 Å². The Labute approximate surface area is 138 Å². The Morgan fingerprint density at radius 2 is 1.74 bits per heavy atom. The molecule has 2 aromatic rings. The van der Waals surface area contributed by atoms with Crippen LogP contribution in [0.25, 0.3) is 10.8 Å². The van der Waals surface area contributed by atoms with Gasteiger partial charge in [0.1, 0.15) is 5.75 Å². The van der Waals surface area contributed by atoms with Gasteiger partial charge in [-0.25, -0.2) is 0 Å². The summed E-state index contributed by atoms with van der Waals surface area (Å²) in [4.78, 5) is 12.6. The number of aryl methyl sites for hydroxylation is 1. The first-order valence-electron chi connectivity index (χ1n) is 8.18. The molecule has 3 nitrogen and oxygen atoms in total. The summed E-state index contributed by atoms with van der Waals surface area (Å²) >= 11 is 0. The third kappa shape index (κ3) is 3.25. The molecule has 122 valence electrons. The lowest BCUT2D eigenvalue weighted by molar-refractivity contribution is -0.140. The summed E-state index contributed by atoms with van der Waals surface area (Å²) < 4.78 is 5.69. The van der Waals surface area contributed by atoms with E-state index in [1.54, 1.807) is 0 Å². The van der Waals surface area contributed by atoms with Gasteiger partial charge in [-0.05, 0) is 63.9 Å². The third-order valence-electron chi connectivity index (χ3n) is 4.72. The van der Waals surface area contributed by atoms with Crippen LogP contribution in [0.3, 0.4) is 0 Å². The minimum atomic E-state index is -0.255. The van der Waals surface area contributed by atoms with E-state index in [0.29, 0.717) is 5.75 Å². The lowest BCUT2D eigenvalue weighted by Crippen LogP contribution is -2.47. The molecule has 0 amide bonds. The maximum absolute atomic E-state index is 12.6. The summed E-state index contributed by atoms with van der Waals surface area (Å²) in [5, 5.41) is 5.77. The van der Waals surface area contributed by atoms with Gasteiger partial charge in [0.25, 0.3) is 0 Å². The molecule has 1 aliphatic rings. The number of benzene rings is 2. The first kappa shape index (κ1) is 16.0. The zero-order valence-corrected chi connectivity index (χ0v) is 14.6. The van der Waals surface area contributed by atoms with Crippen molar-refractivity contribution in [1.82, 2.24) is 5.32 Å². The summed E-state index contributed by atoms with van der Waals surface area (Å²) in [5.41, 5.74) is 0.922. The molecule has 1 atom stereocenters. The summed E-state index contributed by atoms with van der Waals surface area (Å²) in [6, 6.07) is 12.1. The first-order valence-corrected chi connectivity index (χ1v) is 8.18. The average Bonchev–Trinajstić information content (AvgIpc) is 2.67. The molecule has 0 aromatic heterocycles. The third-order valence-corrected chi connectivity index (χ3v) is 4.72. The van der Waals surface area contributed by atoms with Gasteiger partial charge in [-0.3, -0.25) is 4.79 Å². The summed E-state index contributed by atoms with van der Waals surface area (Å²) in [6.45, 7) is 10.5. The predicted octanol–water partition coefficient (Wildman–Crippen LogP) is 4.22. The van der Waals surface area contributed by atoms with Crippen LogP contribution in [0.15, 0.2) is 36.4 Å². The van der Waals surface area contributed by atoms with Gasteiger partial charge >= 0.3 is 5.97 Å². The highest BCUT2D eigenvalue weighted by Crippen LogP contribution is 2.37. The number of fused-ring (bicyclic) bond motifs is 1. The Bertz CT molecular complexity index is 761. The Morgan fingerprint density at radius 3 is 2.39 bits per heavy atom. The van der Waals surface area contributed by atoms with Crippen LogP contribution < -0.4 is 10.1 Å². The van der Waals surface area contributed by atoms with Crippen LogP contribution in [0.5, 0.6) is 5.75 Å². The molecule has 3 rings (SSSR count). The molecular weight excluding hydrogens is 286 g/mol. The van der Waals surface area contributed by atoms with Crippen molar-refractivity contribution in [3.8, 4) is 5.75 Å². The van der Waals surface area contributed by atoms with Gasteiger partial charge < -0.3 is 10.1 Å². The number of rotatable bonds is 2. The van der Waals surface area contributed by atoms with Gasteiger partial charge in [0.05, 0.1) is 5.92 Å². The molecule has 0 aliphatic carbocycles. The largest absolute Gasteiger partial charge is 0.426 e. The van der Waals surface area contributed by atoms with Crippen LogP contribution in [0.4, 0.5) is 0 Å². The van der Waals surface area contributed by atoms with Crippen molar-refractivity contribution < 1.29 is 9.53 Å². The van der Waals surface area contributed by atoms with E-state index in [4.69, 9.17) is 4.74 Å². The zero-order chi connectivity index (χ0) is 16.8. The minimum absolute atomic E-state index is 0.0475. The molecule has 0 bridgehead atoms. The summed E-state index contributed by atoms with van der Waals surface area (Å²) in [5.74, 6) is 0.317. The molecule has 1 unspecified atom stereocenters. The van der Waals surface area contributed by atoms with Crippen molar-refractivity contribution in [3.05, 3.63) is 42.0 Å². The highest BCUT2D eigenvalue weighted by atomic mass is 16.5. The molecule has 23 heavy (non-hydrogen) atoms. The normalized spacial score (nSPS) is 22.2. The quantitative estimate of drug-likeness (QED) is 0.666. The van der Waals surface area contributed by atoms with Crippen LogP contribution in [0.2, 0.25) is 0 Å². The van der Waals surface area contributed by atoms with Crippen molar-refractivity contribution in [1.29, 1.82) is 0 Å². The number of ether oxygens (including phenoxy) is 1. The topological polar surface area (TPSA) is 38.3 Å². The number of nitrogens with one attached hydrogen (secondary N) is 1. The van der Waals surface area contributed by atoms with Gasteiger partial charge in [0.15, 0.2) is 0 Å². The van der Waals surface area contributed by atoms with E-state index < -0.39 is 0 Å². The Hall–Kier alpha value is -1.87. The van der Waals surface area contributed by atoms with Gasteiger partial charge in [-0.15, -0.1) is 0 Å². The molecule has 0 spiro atoms. The summed E-state index contributed by atoms with van der Waals surface area (Å²) in [7, 11) is 0. The Balaban J connectivity index is 1.82. The van der Waals surface area contributed by atoms with E-state index in [2.05, 4.69) is 58.1 Å². The molecule has 2 aromatic carbocycles. The zero-order valence-electron chi connectivity index (χ0n) is 14.6. The highest BCUT2D eigenvalue weighted by Gasteiger charge is 2.48. The van der Waals surface area contributed by atoms with Crippen molar-refractivity contribution in [2.24, 2.45) is 5.92 Å². The second kappa shape index (κ2) is 5.34. The minimum Gasteiger partial charge on any atom is -0.426 e. The molecule has 1 fully saturated rings. The SMILES string of the molecule is Cc1ccc2cc(OC(=O)C3CC(C)(C)NC3(C)C)ccc2c1. The van der Waals surface area contributed by atoms with Crippen LogP contribution in [-0.4, -0.2) is 17.0 Å². The lowest BCUT2D eigenvalue weighted by atomic mass is 9.87. The standard InChI is InChI=1S/C20H25NO2/c1-13-6-7-15-11-16(9-8-14(15)10-13)23-18(22)17-12-19(2,3)21-20(17,4)5/h6-11,17,21H,12H2,1-5H3. The number of carbonyl (C=O) groups is 1. The van der Waals surface area contributed by atoms with Crippen LogP contribution in [0.1, 0.15) is 39.7 Å². The second-order valence-corrected chi connectivity index (χ2v) is 7.92. The maximum atomic E-state index is 12.6. The van der Waals surface area contributed by atoms with Crippen molar-refractivity contribution in [2.75, 3.05) is 0 Å². The molecule has 3 heteroatoms. The van der Waals surface area contributed by atoms with Crippen molar-refractivity contribution in [2.45, 2.75) is 52.1 Å². The number of hydrogen-bond acceptors (Lipinski definition) is 3. The van der Waals surface area contributed by atoms with Crippen LogP contribution >= 0.6 is 0 Å². The highest BCUT2D eigenvalue weighted by molar-refractivity contribution is 5.86. The van der Waals surface area contributed by atoms with E-state index in [1.165, 1.54) is 5.56 Å². The van der Waals surface area contributed by atoms with E-state index >= 15 is 0 Å². The molecule has 1 N–H and O–H groups in total. The molecule has 0 radical (unpaired) electrons. The smallest absolute Gasteiger partial charge is 0.316 e. The van der Waals surface area contributed by atoms with E-state index in [1.807, 2.05) is 18.2 Å². The van der Waals surface area contributed by atoms with Gasteiger partial charge in [-0.1, -0.05) is 29.8 Å². The Morgan fingerprint density at radius 1 is 1.09 bits per heavy atom. The number of carbonyl (C=O) groups excluding carboxylic acids is 1. The van der Waals surface area contributed by atoms with E-state index in [-0.39, 0.29) is 23.0 Å². The average molecular weight is 311 g/mol. The molecule has 1 aliphatic heterocycles. The fraction of sp³-hybridized carbons (Fsp3) is 0.450. The maximum Gasteiger partial charge on any atom is 0.316 e. The monoisotopic (exact) mass is 311 g/mol. The fourth-order valence-electron chi connectivity index (χ4n) is 3.75. The molecular formula is C20H25NO2. The van der Waals surface area contributed by atoms with Crippen LogP contribution in [0, 0.1) is 12.8 Å². The second-order valence-electron chi connectivity index (χ2n) is 7.92. The molecule has 1 heterocycles. The first-order chi connectivity index (χ1) is 10.7. The van der Waals surface area contributed by atoms with Crippen molar-refractivity contribution in [3.63, 3.8) is 0 Å².